The normalized spacial score (nSPS) is 12.8. The van der Waals surface area contributed by atoms with Crippen molar-refractivity contribution in [2.75, 3.05) is 0 Å². The van der Waals surface area contributed by atoms with Gasteiger partial charge in [0.15, 0.2) is 0 Å². The molecule has 0 N–H and O–H groups in total. The molecule has 0 nitrogen and oxygen atoms in total. The molecule has 0 aliphatic heterocycles. The van der Waals surface area contributed by atoms with E-state index in [1.54, 1.807) is 0 Å². The molecule has 6 heteroatoms. The van der Waals surface area contributed by atoms with E-state index in [1.165, 1.54) is 0 Å². The highest BCUT2D eigenvalue weighted by atomic mass is 35.5. The Morgan fingerprint density at radius 3 is 1.89 bits per heavy atom. The fourth-order valence-corrected chi connectivity index (χ4v) is 7.15. The lowest BCUT2D eigenvalue weighted by atomic mass is 10.2. The van der Waals surface area contributed by atoms with Crippen LogP contribution in [0.15, 0.2) is 12.1 Å². The van der Waals surface area contributed by atoms with Gasteiger partial charge in [-0.1, -0.05) is 50.5 Å². The van der Waals surface area contributed by atoms with Gasteiger partial charge < -0.3 is 0 Å². The van der Waals surface area contributed by atoms with Gasteiger partial charge in [0.25, 0.3) is 0 Å². The maximum atomic E-state index is 14.1. The van der Waals surface area contributed by atoms with Crippen LogP contribution in [0.2, 0.25) is 23.2 Å². The van der Waals surface area contributed by atoms with E-state index in [1.807, 2.05) is 20.8 Å². The zero-order valence-corrected chi connectivity index (χ0v) is 12.9. The molecule has 0 bridgehead atoms. The maximum absolute atomic E-state index is 14.1. The van der Waals surface area contributed by atoms with E-state index in [0.29, 0.717) is 18.1 Å². The van der Waals surface area contributed by atoms with Crippen LogP contribution in [0.4, 0.5) is 17.6 Å². The molecule has 0 saturated heterocycles. The van der Waals surface area contributed by atoms with E-state index in [9.17, 15) is 17.6 Å². The van der Waals surface area contributed by atoms with Crippen molar-refractivity contribution in [1.82, 2.24) is 0 Å². The van der Waals surface area contributed by atoms with Crippen LogP contribution in [0.3, 0.4) is 0 Å². The number of hydrogen-bond acceptors (Lipinski definition) is 0. The van der Waals surface area contributed by atoms with Gasteiger partial charge in [-0.2, -0.15) is 13.2 Å². The first-order valence-electron chi connectivity index (χ1n) is 6.29. The Balaban J connectivity index is 3.59. The molecule has 0 fully saturated rings. The Hall–Kier alpha value is -0.553. The first kappa shape index (κ1) is 16.5. The molecule has 0 saturated carbocycles. The second-order valence-corrected chi connectivity index (χ2v) is 10.2. The summed E-state index contributed by atoms with van der Waals surface area (Å²) in [5.41, 5.74) is -0.933. The van der Waals surface area contributed by atoms with Gasteiger partial charge in [0.2, 0.25) is 0 Å². The number of alkyl halides is 3. The minimum Gasteiger partial charge on any atom is -0.207 e. The van der Waals surface area contributed by atoms with Crippen molar-refractivity contribution >= 4 is 24.9 Å². The lowest BCUT2D eigenvalue weighted by Gasteiger charge is -2.31. The molecule has 1 rings (SSSR count). The average molecular weight is 313 g/mol. The van der Waals surface area contributed by atoms with Crippen molar-refractivity contribution in [3.8, 4) is 0 Å². The maximum Gasteiger partial charge on any atom is 0.417 e. The molecule has 1 aromatic carbocycles. The van der Waals surface area contributed by atoms with Gasteiger partial charge in [-0.15, -0.1) is 0 Å². The molecule has 0 aromatic heterocycles. The second-order valence-electron chi connectivity index (χ2n) is 4.62. The molecule has 0 unspecified atom stereocenters. The predicted molar refractivity (Wildman–Crippen MR) is 73.2 cm³/mol. The molecule has 0 spiro atoms. The predicted octanol–water partition coefficient (Wildman–Crippen LogP) is 5.21. The summed E-state index contributed by atoms with van der Waals surface area (Å²) in [6, 6.07) is 3.65. The molecule has 0 amide bonds. The van der Waals surface area contributed by atoms with Crippen LogP contribution in [0.1, 0.15) is 26.3 Å². The Kier molecular flexibility index (Phi) is 5.06. The van der Waals surface area contributed by atoms with Crippen molar-refractivity contribution in [3.63, 3.8) is 0 Å². The van der Waals surface area contributed by atoms with E-state index < -0.39 is 30.7 Å². The molecule has 1 aromatic rings. The Morgan fingerprint density at radius 2 is 1.53 bits per heavy atom. The molecule has 19 heavy (non-hydrogen) atoms. The Labute approximate surface area is 116 Å². The highest BCUT2D eigenvalue weighted by molar-refractivity contribution is 6.93. The van der Waals surface area contributed by atoms with Crippen LogP contribution in [0, 0.1) is 5.82 Å². The van der Waals surface area contributed by atoms with Gasteiger partial charge in [0.05, 0.1) is 18.7 Å². The highest BCUT2D eigenvalue weighted by Gasteiger charge is 2.40. The molecule has 0 atom stereocenters. The van der Waals surface area contributed by atoms with Crippen LogP contribution in [-0.4, -0.2) is 8.07 Å². The van der Waals surface area contributed by atoms with Crippen molar-refractivity contribution in [2.45, 2.75) is 45.1 Å². The fourth-order valence-electron chi connectivity index (χ4n) is 2.54. The summed E-state index contributed by atoms with van der Waals surface area (Å²) < 4.78 is 52.7. The Bertz CT molecular complexity index is 444. The van der Waals surface area contributed by atoms with Gasteiger partial charge in [-0.05, 0) is 17.3 Å². The van der Waals surface area contributed by atoms with Crippen LogP contribution < -0.4 is 5.19 Å². The van der Waals surface area contributed by atoms with Crippen LogP contribution >= 0.6 is 11.6 Å². The monoisotopic (exact) mass is 312 g/mol. The standard InChI is InChI=1S/C13H17ClF4Si/c1-4-19(5-2,6-3)12-10(15)8-7-9(11(12)14)13(16,17)18/h7-8H,4-6H2,1-3H3. The van der Waals surface area contributed by atoms with E-state index in [0.717, 1.165) is 12.1 Å². The summed E-state index contributed by atoms with van der Waals surface area (Å²) in [6.45, 7) is 5.69. The SMILES string of the molecule is CC[Si](CC)(CC)c1c(F)ccc(C(F)(F)F)c1Cl. The number of benzene rings is 1. The van der Waals surface area contributed by atoms with E-state index in [-0.39, 0.29) is 5.19 Å². The fraction of sp³-hybridized carbons (Fsp3) is 0.538. The summed E-state index contributed by atoms with van der Waals surface area (Å²) >= 11 is 5.89. The lowest BCUT2D eigenvalue weighted by molar-refractivity contribution is -0.137. The quantitative estimate of drug-likeness (QED) is 0.528. The van der Waals surface area contributed by atoms with Crippen LogP contribution in [0.5, 0.6) is 0 Å². The van der Waals surface area contributed by atoms with Gasteiger partial charge in [-0.3, -0.25) is 0 Å². The summed E-state index contributed by atoms with van der Waals surface area (Å²) in [4.78, 5) is 0. The van der Waals surface area contributed by atoms with Crippen LogP contribution in [0.25, 0.3) is 0 Å². The van der Waals surface area contributed by atoms with Crippen molar-refractivity contribution in [2.24, 2.45) is 0 Å². The number of hydrogen-bond donors (Lipinski definition) is 0. The zero-order chi connectivity index (χ0) is 14.8. The first-order chi connectivity index (χ1) is 8.73. The summed E-state index contributed by atoms with van der Waals surface area (Å²) in [6.07, 6.45) is -4.55. The lowest BCUT2D eigenvalue weighted by Crippen LogP contribution is -2.48. The topological polar surface area (TPSA) is 0 Å². The smallest absolute Gasteiger partial charge is 0.207 e. The van der Waals surface area contributed by atoms with Gasteiger partial charge >= 0.3 is 6.18 Å². The highest BCUT2D eigenvalue weighted by Crippen LogP contribution is 2.36. The Morgan fingerprint density at radius 1 is 1.05 bits per heavy atom. The van der Waals surface area contributed by atoms with E-state index >= 15 is 0 Å². The number of halogens is 5. The minimum absolute atomic E-state index is 0.136. The third-order valence-electron chi connectivity index (χ3n) is 3.96. The van der Waals surface area contributed by atoms with Crippen LogP contribution in [-0.2, 0) is 6.18 Å². The molecular weight excluding hydrogens is 296 g/mol. The summed E-state index contributed by atoms with van der Waals surface area (Å²) in [7, 11) is -2.30. The molecule has 108 valence electrons. The molecule has 0 heterocycles. The molecule has 0 aliphatic rings. The average Bonchev–Trinajstić information content (AvgIpc) is 2.33. The molecular formula is C13H17ClF4Si. The minimum atomic E-state index is -4.55. The van der Waals surface area contributed by atoms with Gasteiger partial charge in [0.1, 0.15) is 5.82 Å². The van der Waals surface area contributed by atoms with E-state index in [4.69, 9.17) is 11.6 Å². The molecule has 0 aliphatic carbocycles. The second kappa shape index (κ2) is 5.83. The third kappa shape index (κ3) is 2.97. The van der Waals surface area contributed by atoms with Crippen molar-refractivity contribution in [1.29, 1.82) is 0 Å². The first-order valence-corrected chi connectivity index (χ1v) is 9.29. The summed E-state index contributed by atoms with van der Waals surface area (Å²) in [5, 5.41) is -0.304. The third-order valence-corrected chi connectivity index (χ3v) is 10.1. The van der Waals surface area contributed by atoms with Crippen molar-refractivity contribution < 1.29 is 17.6 Å². The van der Waals surface area contributed by atoms with Crippen molar-refractivity contribution in [3.05, 3.63) is 28.5 Å². The van der Waals surface area contributed by atoms with Gasteiger partial charge in [-0.25, -0.2) is 4.39 Å². The largest absolute Gasteiger partial charge is 0.417 e. The van der Waals surface area contributed by atoms with Gasteiger partial charge in [0, 0.05) is 0 Å². The van der Waals surface area contributed by atoms with E-state index in [2.05, 4.69) is 0 Å². The zero-order valence-electron chi connectivity index (χ0n) is 11.2. The molecule has 0 radical (unpaired) electrons. The summed E-state index contributed by atoms with van der Waals surface area (Å²) in [5.74, 6) is -0.602. The number of rotatable bonds is 4.